The van der Waals surface area contributed by atoms with Gasteiger partial charge in [0.1, 0.15) is 24.2 Å². The highest BCUT2D eigenvalue weighted by Crippen LogP contribution is 2.20. The van der Waals surface area contributed by atoms with Crippen LogP contribution in [0.1, 0.15) is 5.56 Å². The minimum Gasteiger partial charge on any atom is -0.359 e. The molecule has 6 heteroatoms. The zero-order valence-electron chi connectivity index (χ0n) is 13.3. The summed E-state index contributed by atoms with van der Waals surface area (Å²) in [5.41, 5.74) is 1.43. The van der Waals surface area contributed by atoms with Gasteiger partial charge < -0.3 is 10.1 Å². The number of hydrogen-bond acceptors (Lipinski definition) is 4. The Labute approximate surface area is 132 Å². The molecule has 0 spiro atoms. The van der Waals surface area contributed by atoms with Crippen LogP contribution in [0.2, 0.25) is 25.7 Å². The average molecular weight is 314 g/mol. The van der Waals surface area contributed by atoms with Crippen LogP contribution in [0.15, 0.2) is 36.5 Å². The van der Waals surface area contributed by atoms with E-state index in [0.29, 0.717) is 18.1 Å². The van der Waals surface area contributed by atoms with E-state index in [9.17, 15) is 5.26 Å². The molecule has 0 aliphatic rings. The molecule has 1 aromatic carbocycles. The second kappa shape index (κ2) is 7.25. The van der Waals surface area contributed by atoms with Crippen molar-refractivity contribution in [1.29, 1.82) is 5.26 Å². The lowest BCUT2D eigenvalue weighted by atomic mass is 10.3. The number of hydrogen-bond donors (Lipinski definition) is 1. The average Bonchev–Trinajstić information content (AvgIpc) is 2.86. The van der Waals surface area contributed by atoms with Crippen molar-refractivity contribution in [3.63, 3.8) is 0 Å². The van der Waals surface area contributed by atoms with E-state index in [1.54, 1.807) is 10.9 Å². The highest BCUT2D eigenvalue weighted by atomic mass is 28.3. The Morgan fingerprint density at radius 1 is 1.27 bits per heavy atom. The number of para-hydroxylation sites is 1. The van der Waals surface area contributed by atoms with Crippen LogP contribution in [0.3, 0.4) is 0 Å². The third-order valence-corrected chi connectivity index (χ3v) is 4.91. The third kappa shape index (κ3) is 4.72. The van der Waals surface area contributed by atoms with Gasteiger partial charge in [-0.3, -0.25) is 0 Å². The third-order valence-electron chi connectivity index (χ3n) is 3.21. The molecule has 0 radical (unpaired) electrons. The molecule has 22 heavy (non-hydrogen) atoms. The zero-order chi connectivity index (χ0) is 16.0. The summed E-state index contributed by atoms with van der Waals surface area (Å²) < 4.78 is 7.41. The van der Waals surface area contributed by atoms with Crippen LogP contribution >= 0.6 is 0 Å². The second-order valence-electron chi connectivity index (χ2n) is 6.36. The van der Waals surface area contributed by atoms with Crippen LogP contribution in [0.5, 0.6) is 0 Å². The maximum atomic E-state index is 9.21. The molecule has 0 fully saturated rings. The van der Waals surface area contributed by atoms with Crippen molar-refractivity contribution in [2.75, 3.05) is 11.9 Å². The molecule has 0 atom stereocenters. The fourth-order valence-electron chi connectivity index (χ4n) is 1.88. The molecule has 0 aliphatic heterocycles. The van der Waals surface area contributed by atoms with Gasteiger partial charge in [-0.05, 0) is 18.2 Å². The molecule has 0 saturated heterocycles. The maximum absolute atomic E-state index is 9.21. The lowest BCUT2D eigenvalue weighted by molar-refractivity contribution is 0.0801. The molecule has 0 amide bonds. The number of nitrogens with one attached hydrogen (secondary N) is 1. The molecule has 0 aliphatic carbocycles. The summed E-state index contributed by atoms with van der Waals surface area (Å²) in [6.07, 6.45) is 1.56. The summed E-state index contributed by atoms with van der Waals surface area (Å²) in [4.78, 5) is 0. The first-order valence-corrected chi connectivity index (χ1v) is 11.1. The number of rotatable bonds is 7. The molecular formula is C16H22N4OSi. The Balaban J connectivity index is 2.03. The van der Waals surface area contributed by atoms with Gasteiger partial charge in [-0.1, -0.05) is 37.8 Å². The predicted molar refractivity (Wildman–Crippen MR) is 90.8 cm³/mol. The number of ether oxygens (including phenoxy) is 1. The Bertz CT molecular complexity index is 640. The first-order valence-electron chi connectivity index (χ1n) is 7.35. The Kier molecular flexibility index (Phi) is 5.36. The quantitative estimate of drug-likeness (QED) is 0.623. The van der Waals surface area contributed by atoms with Crippen molar-refractivity contribution in [1.82, 2.24) is 9.78 Å². The van der Waals surface area contributed by atoms with Gasteiger partial charge in [0.15, 0.2) is 0 Å². The number of nitrogens with zero attached hydrogens (tertiary/aromatic N) is 3. The summed E-state index contributed by atoms with van der Waals surface area (Å²) in [6, 6.07) is 13.0. The molecule has 2 aromatic rings. The highest BCUT2D eigenvalue weighted by molar-refractivity contribution is 6.76. The van der Waals surface area contributed by atoms with Gasteiger partial charge in [-0.15, -0.1) is 0 Å². The summed E-state index contributed by atoms with van der Waals surface area (Å²) in [5.74, 6) is 0.668. The minimum absolute atomic E-state index is 0.349. The molecule has 1 N–H and O–H groups in total. The number of nitriles is 1. The molecule has 0 saturated carbocycles. The van der Waals surface area contributed by atoms with Gasteiger partial charge in [-0.25, -0.2) is 4.68 Å². The van der Waals surface area contributed by atoms with Crippen molar-refractivity contribution in [2.45, 2.75) is 32.4 Å². The standard InChI is InChI=1S/C16H22N4OSi/c1-22(2,3)10-9-21-13-20-16(14(11-17)12-18-20)19-15-7-5-4-6-8-15/h4-8,12,19H,9-10,13H2,1-3H3. The van der Waals surface area contributed by atoms with Crippen molar-refractivity contribution >= 4 is 19.6 Å². The van der Waals surface area contributed by atoms with Gasteiger partial charge in [0.25, 0.3) is 0 Å². The van der Waals surface area contributed by atoms with Gasteiger partial charge in [0, 0.05) is 20.4 Å². The molecule has 0 unspecified atom stereocenters. The van der Waals surface area contributed by atoms with Crippen molar-refractivity contribution in [3.8, 4) is 6.07 Å². The lowest BCUT2D eigenvalue weighted by Crippen LogP contribution is -2.22. The second-order valence-corrected chi connectivity index (χ2v) is 12.0. The van der Waals surface area contributed by atoms with Crippen LogP contribution in [-0.4, -0.2) is 24.5 Å². The highest BCUT2D eigenvalue weighted by Gasteiger charge is 2.14. The van der Waals surface area contributed by atoms with E-state index in [1.165, 1.54) is 0 Å². The Morgan fingerprint density at radius 3 is 2.64 bits per heavy atom. The fraction of sp³-hybridized carbons (Fsp3) is 0.375. The molecule has 2 rings (SSSR count). The van der Waals surface area contributed by atoms with Crippen LogP contribution < -0.4 is 5.32 Å². The largest absolute Gasteiger partial charge is 0.359 e. The van der Waals surface area contributed by atoms with E-state index >= 15 is 0 Å². The fourth-order valence-corrected chi connectivity index (χ4v) is 2.64. The zero-order valence-corrected chi connectivity index (χ0v) is 14.3. The van der Waals surface area contributed by atoms with E-state index in [1.807, 2.05) is 30.3 Å². The monoisotopic (exact) mass is 314 g/mol. The summed E-state index contributed by atoms with van der Waals surface area (Å²) in [7, 11) is -1.09. The van der Waals surface area contributed by atoms with E-state index in [-0.39, 0.29) is 0 Å². The van der Waals surface area contributed by atoms with E-state index in [0.717, 1.165) is 18.3 Å². The molecule has 1 heterocycles. The summed E-state index contributed by atoms with van der Waals surface area (Å²) in [5, 5.41) is 16.7. The number of aromatic nitrogens is 2. The minimum atomic E-state index is -1.09. The topological polar surface area (TPSA) is 62.9 Å². The van der Waals surface area contributed by atoms with Crippen LogP contribution in [0, 0.1) is 11.3 Å². The predicted octanol–water partition coefficient (Wildman–Crippen LogP) is 3.81. The van der Waals surface area contributed by atoms with Gasteiger partial charge in [0.05, 0.1) is 6.20 Å². The number of benzene rings is 1. The molecule has 116 valence electrons. The van der Waals surface area contributed by atoms with Gasteiger partial charge in [0.2, 0.25) is 0 Å². The molecule has 1 aromatic heterocycles. The van der Waals surface area contributed by atoms with E-state index in [2.05, 4.69) is 36.1 Å². The normalized spacial score (nSPS) is 11.2. The Hall–Kier alpha value is -2.10. The summed E-state index contributed by atoms with van der Waals surface area (Å²) in [6.45, 7) is 8.03. The first kappa shape index (κ1) is 16.3. The lowest BCUT2D eigenvalue weighted by Gasteiger charge is -2.16. The van der Waals surface area contributed by atoms with Gasteiger partial charge >= 0.3 is 0 Å². The van der Waals surface area contributed by atoms with Gasteiger partial charge in [-0.2, -0.15) is 10.4 Å². The van der Waals surface area contributed by atoms with E-state index < -0.39 is 8.07 Å². The number of anilines is 2. The first-order chi connectivity index (χ1) is 10.5. The molecule has 5 nitrogen and oxygen atoms in total. The molecular weight excluding hydrogens is 292 g/mol. The van der Waals surface area contributed by atoms with E-state index in [4.69, 9.17) is 4.74 Å². The smallest absolute Gasteiger partial charge is 0.149 e. The Morgan fingerprint density at radius 2 is 2.00 bits per heavy atom. The SMILES string of the molecule is C[Si](C)(C)CCOCn1ncc(C#N)c1Nc1ccccc1. The van der Waals surface area contributed by atoms with Crippen molar-refractivity contribution in [2.24, 2.45) is 0 Å². The summed E-state index contributed by atoms with van der Waals surface area (Å²) >= 11 is 0. The van der Waals surface area contributed by atoms with Crippen LogP contribution in [-0.2, 0) is 11.5 Å². The maximum Gasteiger partial charge on any atom is 0.149 e. The van der Waals surface area contributed by atoms with Crippen LogP contribution in [0.4, 0.5) is 11.5 Å². The van der Waals surface area contributed by atoms with Crippen molar-refractivity contribution < 1.29 is 4.74 Å². The molecule has 0 bridgehead atoms. The van der Waals surface area contributed by atoms with Crippen molar-refractivity contribution in [3.05, 3.63) is 42.1 Å². The van der Waals surface area contributed by atoms with Crippen LogP contribution in [0.25, 0.3) is 0 Å².